The molecule has 0 saturated carbocycles. The van der Waals surface area contributed by atoms with Gasteiger partial charge in [0.1, 0.15) is 5.84 Å². The van der Waals surface area contributed by atoms with E-state index in [4.69, 9.17) is 15.9 Å². The van der Waals surface area contributed by atoms with Crippen LogP contribution in [0.2, 0.25) is 0 Å². The van der Waals surface area contributed by atoms with Crippen LogP contribution in [-0.2, 0) is 19.1 Å². The molecule has 1 unspecified atom stereocenters. The molecule has 1 fully saturated rings. The first-order valence-corrected chi connectivity index (χ1v) is 10.1. The molecule has 9 nitrogen and oxygen atoms in total. The lowest BCUT2D eigenvalue weighted by atomic mass is 10.0. The molecule has 1 heterocycles. The Hall–Kier alpha value is -3.10. The summed E-state index contributed by atoms with van der Waals surface area (Å²) in [5, 5.41) is 10.3. The molecule has 164 valence electrons. The van der Waals surface area contributed by atoms with Gasteiger partial charge in [0, 0.05) is 30.4 Å². The van der Waals surface area contributed by atoms with E-state index in [-0.39, 0.29) is 55.1 Å². The quantitative estimate of drug-likeness (QED) is 0.308. The van der Waals surface area contributed by atoms with Crippen molar-refractivity contribution in [2.75, 3.05) is 37.7 Å². The highest BCUT2D eigenvalue weighted by Gasteiger charge is 2.27. The molecule has 4 N–H and O–H groups in total. The van der Waals surface area contributed by atoms with Gasteiger partial charge in [-0.1, -0.05) is 13.8 Å². The second-order valence-electron chi connectivity index (χ2n) is 7.62. The van der Waals surface area contributed by atoms with Crippen LogP contribution in [0.15, 0.2) is 24.3 Å². The summed E-state index contributed by atoms with van der Waals surface area (Å²) in [5.74, 6) is -0.721. The van der Waals surface area contributed by atoms with Gasteiger partial charge in [-0.15, -0.1) is 0 Å². The van der Waals surface area contributed by atoms with E-state index in [1.54, 1.807) is 19.1 Å². The molecule has 30 heavy (non-hydrogen) atoms. The van der Waals surface area contributed by atoms with E-state index in [1.807, 2.05) is 30.9 Å². The highest BCUT2D eigenvalue weighted by molar-refractivity contribution is 5.95. The number of esters is 1. The molecule has 2 rings (SSSR count). The van der Waals surface area contributed by atoms with Gasteiger partial charge in [-0.2, -0.15) is 0 Å². The third kappa shape index (κ3) is 6.47. The van der Waals surface area contributed by atoms with Gasteiger partial charge in [0.15, 0.2) is 0 Å². The number of nitrogens with two attached hydrogens (primary N) is 1. The smallest absolute Gasteiger partial charge is 0.307 e. The molecule has 0 bridgehead atoms. The predicted octanol–water partition coefficient (Wildman–Crippen LogP) is 0.713. The van der Waals surface area contributed by atoms with Crippen LogP contribution in [0.1, 0.15) is 32.8 Å². The normalized spacial score (nSPS) is 15.1. The molecule has 1 aliphatic heterocycles. The van der Waals surface area contributed by atoms with Gasteiger partial charge in [-0.05, 0) is 37.1 Å². The number of nitrogens with one attached hydrogen (secondary N) is 2. The molecule has 1 aromatic carbocycles. The van der Waals surface area contributed by atoms with Crippen molar-refractivity contribution in [2.45, 2.75) is 33.2 Å². The third-order valence-electron chi connectivity index (χ3n) is 5.04. The SMILES string of the molecule is CCOC(=O)CC(NC(=O)CN1CCN(c2ccc(C(=N)N)cc2)CC1=O)C(C)C. The van der Waals surface area contributed by atoms with Crippen molar-refractivity contribution in [3.8, 4) is 0 Å². The number of rotatable bonds is 9. The summed E-state index contributed by atoms with van der Waals surface area (Å²) in [6.45, 7) is 7.03. The molecule has 9 heteroatoms. The molecule has 0 aromatic heterocycles. The highest BCUT2D eigenvalue weighted by atomic mass is 16.5. The van der Waals surface area contributed by atoms with Gasteiger partial charge in [0.25, 0.3) is 0 Å². The molecule has 0 spiro atoms. The predicted molar refractivity (Wildman–Crippen MR) is 114 cm³/mol. The largest absolute Gasteiger partial charge is 0.466 e. The van der Waals surface area contributed by atoms with Gasteiger partial charge in [0.05, 0.1) is 26.1 Å². The minimum Gasteiger partial charge on any atom is -0.466 e. The van der Waals surface area contributed by atoms with Crippen molar-refractivity contribution < 1.29 is 19.1 Å². The highest BCUT2D eigenvalue weighted by Crippen LogP contribution is 2.18. The van der Waals surface area contributed by atoms with E-state index < -0.39 is 0 Å². The maximum absolute atomic E-state index is 12.5. The van der Waals surface area contributed by atoms with Crippen LogP contribution in [0.4, 0.5) is 5.69 Å². The maximum Gasteiger partial charge on any atom is 0.307 e. The topological polar surface area (TPSA) is 129 Å². The lowest BCUT2D eigenvalue weighted by Crippen LogP contribution is -2.54. The number of nitrogen functional groups attached to an aromatic ring is 1. The summed E-state index contributed by atoms with van der Waals surface area (Å²) in [7, 11) is 0. The van der Waals surface area contributed by atoms with Crippen molar-refractivity contribution in [3.05, 3.63) is 29.8 Å². The van der Waals surface area contributed by atoms with Crippen LogP contribution in [-0.4, -0.2) is 67.3 Å². The Bertz CT molecular complexity index is 778. The number of anilines is 1. The third-order valence-corrected chi connectivity index (χ3v) is 5.04. The monoisotopic (exact) mass is 417 g/mol. The molecule has 1 saturated heterocycles. The Labute approximate surface area is 177 Å². The zero-order valence-electron chi connectivity index (χ0n) is 17.8. The number of hydrogen-bond acceptors (Lipinski definition) is 6. The number of hydrogen-bond donors (Lipinski definition) is 3. The molecule has 0 radical (unpaired) electrons. The van der Waals surface area contributed by atoms with Crippen LogP contribution in [0, 0.1) is 11.3 Å². The Balaban J connectivity index is 1.89. The van der Waals surface area contributed by atoms with Crippen molar-refractivity contribution in [3.63, 3.8) is 0 Å². The molecule has 1 atom stereocenters. The van der Waals surface area contributed by atoms with Gasteiger partial charge in [0.2, 0.25) is 11.8 Å². The van der Waals surface area contributed by atoms with Crippen LogP contribution in [0.25, 0.3) is 0 Å². The number of nitrogens with zero attached hydrogens (tertiary/aromatic N) is 2. The van der Waals surface area contributed by atoms with Crippen LogP contribution in [0.3, 0.4) is 0 Å². The number of benzene rings is 1. The Morgan fingerprint density at radius 2 is 1.90 bits per heavy atom. The van der Waals surface area contributed by atoms with Crippen LogP contribution in [0.5, 0.6) is 0 Å². The van der Waals surface area contributed by atoms with E-state index >= 15 is 0 Å². The Morgan fingerprint density at radius 1 is 1.23 bits per heavy atom. The van der Waals surface area contributed by atoms with E-state index in [0.717, 1.165) is 5.69 Å². The van der Waals surface area contributed by atoms with Crippen LogP contribution < -0.4 is 16.0 Å². The number of carbonyl (C=O) groups is 3. The number of ether oxygens (including phenoxy) is 1. The minimum atomic E-state index is -0.350. The van der Waals surface area contributed by atoms with E-state index in [9.17, 15) is 14.4 Å². The standard InChI is InChI=1S/C21H31N5O4/c1-4-30-20(29)11-17(14(2)3)24-18(27)12-26-10-9-25(13-19(26)28)16-7-5-15(6-8-16)21(22)23/h5-8,14,17H,4,9-13H2,1-3H3,(H3,22,23)(H,24,27). The maximum atomic E-state index is 12.5. The first kappa shape index (κ1) is 23.2. The number of amidine groups is 1. The molecular weight excluding hydrogens is 386 g/mol. The summed E-state index contributed by atoms with van der Waals surface area (Å²) < 4.78 is 4.97. The summed E-state index contributed by atoms with van der Waals surface area (Å²) in [6, 6.07) is 6.81. The first-order valence-electron chi connectivity index (χ1n) is 10.1. The second kappa shape index (κ2) is 10.6. The summed E-state index contributed by atoms with van der Waals surface area (Å²) in [4.78, 5) is 40.2. The lowest BCUT2D eigenvalue weighted by Gasteiger charge is -2.35. The van der Waals surface area contributed by atoms with Crippen molar-refractivity contribution in [1.29, 1.82) is 5.41 Å². The number of piperazine rings is 1. The zero-order valence-corrected chi connectivity index (χ0v) is 17.8. The molecule has 0 aliphatic carbocycles. The van der Waals surface area contributed by atoms with E-state index in [2.05, 4.69) is 5.32 Å². The fraction of sp³-hybridized carbons (Fsp3) is 0.524. The summed E-state index contributed by atoms with van der Waals surface area (Å²) in [6.07, 6.45) is 0.106. The first-order chi connectivity index (χ1) is 14.2. The van der Waals surface area contributed by atoms with Crippen molar-refractivity contribution >= 4 is 29.3 Å². The average Bonchev–Trinajstić information content (AvgIpc) is 2.69. The Morgan fingerprint density at radius 3 is 2.43 bits per heavy atom. The summed E-state index contributed by atoms with van der Waals surface area (Å²) >= 11 is 0. The van der Waals surface area contributed by atoms with E-state index in [0.29, 0.717) is 25.3 Å². The molecule has 1 aliphatic rings. The number of carbonyl (C=O) groups excluding carboxylic acids is 3. The fourth-order valence-corrected chi connectivity index (χ4v) is 3.23. The lowest BCUT2D eigenvalue weighted by molar-refractivity contribution is -0.144. The minimum absolute atomic E-state index is 0.00360. The molecule has 2 amide bonds. The van der Waals surface area contributed by atoms with Gasteiger partial charge in [-0.25, -0.2) is 0 Å². The number of amides is 2. The fourth-order valence-electron chi connectivity index (χ4n) is 3.23. The van der Waals surface area contributed by atoms with Crippen molar-refractivity contribution in [2.24, 2.45) is 11.7 Å². The van der Waals surface area contributed by atoms with Gasteiger partial charge >= 0.3 is 5.97 Å². The van der Waals surface area contributed by atoms with Crippen molar-refractivity contribution in [1.82, 2.24) is 10.2 Å². The average molecular weight is 418 g/mol. The van der Waals surface area contributed by atoms with Gasteiger partial charge in [-0.3, -0.25) is 19.8 Å². The zero-order chi connectivity index (χ0) is 22.3. The second-order valence-corrected chi connectivity index (χ2v) is 7.62. The van der Waals surface area contributed by atoms with Crippen LogP contribution >= 0.6 is 0 Å². The van der Waals surface area contributed by atoms with E-state index in [1.165, 1.54) is 4.90 Å². The van der Waals surface area contributed by atoms with Gasteiger partial charge < -0.3 is 25.6 Å². The molecule has 1 aromatic rings. The summed E-state index contributed by atoms with van der Waals surface area (Å²) in [5.41, 5.74) is 6.96. The molecular formula is C21H31N5O4. The Kier molecular flexibility index (Phi) is 8.20.